The van der Waals surface area contributed by atoms with Crippen molar-refractivity contribution < 1.29 is 0 Å². The van der Waals surface area contributed by atoms with Gasteiger partial charge in [-0.1, -0.05) is 0 Å². The Morgan fingerprint density at radius 2 is 1.82 bits per heavy atom. The van der Waals surface area contributed by atoms with Gasteiger partial charge >= 0.3 is 0 Å². The van der Waals surface area contributed by atoms with Crippen LogP contribution in [0.25, 0.3) is 44.8 Å². The van der Waals surface area contributed by atoms with E-state index in [1.54, 1.807) is 0 Å². The molecule has 0 aromatic carbocycles. The van der Waals surface area contributed by atoms with Crippen LogP contribution in [0.5, 0.6) is 0 Å². The molecule has 1 saturated heterocycles. The number of anilines is 2. The summed E-state index contributed by atoms with van der Waals surface area (Å²) in [5, 5.41) is 11.9. The van der Waals surface area contributed by atoms with E-state index < -0.39 is 0 Å². The quantitative estimate of drug-likeness (QED) is 0.351. The molecule has 5 aromatic rings. The molecule has 0 bridgehead atoms. The standard InChI is InChI=1S/C25H27N9/c1-15(2)29-18-10-16(12-26-14-18)17-11-19-21(32-33-23(19)28-13-17)25-30-22-20(6-7-27-24(22)31-25)34-8-4-3-5-9-34/h6-7,10-15,29H,3-5,8-9H2,1-2H3,(H,27,30,31)(H,28,32,33). The number of hydrogen-bond acceptors (Lipinski definition) is 7. The third-order valence-electron chi connectivity index (χ3n) is 6.23. The fourth-order valence-electron chi connectivity index (χ4n) is 4.65. The Bertz CT molecular complexity index is 1460. The fourth-order valence-corrected chi connectivity index (χ4v) is 4.65. The number of aromatic nitrogens is 7. The lowest BCUT2D eigenvalue weighted by Crippen LogP contribution is -2.29. The molecule has 1 aliphatic heterocycles. The number of rotatable bonds is 5. The molecule has 0 aliphatic carbocycles. The van der Waals surface area contributed by atoms with E-state index in [2.05, 4.69) is 72.4 Å². The molecular formula is C25H27N9. The van der Waals surface area contributed by atoms with Crippen molar-refractivity contribution in [3.05, 3.63) is 43.0 Å². The topological polar surface area (TPSA) is 111 Å². The van der Waals surface area contributed by atoms with Crippen LogP contribution in [0.2, 0.25) is 0 Å². The summed E-state index contributed by atoms with van der Waals surface area (Å²) in [6.45, 7) is 6.32. The number of nitrogens with one attached hydrogen (secondary N) is 3. The highest BCUT2D eigenvalue weighted by Crippen LogP contribution is 2.32. The van der Waals surface area contributed by atoms with Gasteiger partial charge in [-0.3, -0.25) is 10.1 Å². The summed E-state index contributed by atoms with van der Waals surface area (Å²) < 4.78 is 0. The zero-order chi connectivity index (χ0) is 23.1. The number of imidazole rings is 1. The van der Waals surface area contributed by atoms with Crippen LogP contribution in [-0.2, 0) is 0 Å². The van der Waals surface area contributed by atoms with Gasteiger partial charge in [0, 0.05) is 55.0 Å². The van der Waals surface area contributed by atoms with Gasteiger partial charge in [-0.25, -0.2) is 15.0 Å². The van der Waals surface area contributed by atoms with Crippen molar-refractivity contribution >= 4 is 33.6 Å². The molecule has 0 atom stereocenters. The minimum atomic E-state index is 0.328. The molecule has 6 rings (SSSR count). The second-order valence-corrected chi connectivity index (χ2v) is 9.11. The van der Waals surface area contributed by atoms with E-state index in [1.165, 1.54) is 19.3 Å². The summed E-state index contributed by atoms with van der Waals surface area (Å²) in [7, 11) is 0. The first-order valence-electron chi connectivity index (χ1n) is 11.8. The highest BCUT2D eigenvalue weighted by Gasteiger charge is 2.19. The molecule has 0 amide bonds. The molecule has 0 unspecified atom stereocenters. The molecule has 0 spiro atoms. The fraction of sp³-hybridized carbons (Fsp3) is 0.320. The minimum Gasteiger partial charge on any atom is -0.382 e. The summed E-state index contributed by atoms with van der Waals surface area (Å²) in [6.07, 6.45) is 11.1. The Kier molecular flexibility index (Phi) is 5.09. The van der Waals surface area contributed by atoms with Gasteiger partial charge in [0.1, 0.15) is 11.2 Å². The van der Waals surface area contributed by atoms with Gasteiger partial charge in [0.25, 0.3) is 0 Å². The summed E-state index contributed by atoms with van der Waals surface area (Å²) >= 11 is 0. The van der Waals surface area contributed by atoms with Gasteiger partial charge in [-0.15, -0.1) is 0 Å². The van der Waals surface area contributed by atoms with Crippen molar-refractivity contribution in [3.63, 3.8) is 0 Å². The molecule has 1 fully saturated rings. The molecule has 9 heteroatoms. The average Bonchev–Trinajstić information content (AvgIpc) is 3.48. The Morgan fingerprint density at radius 3 is 2.68 bits per heavy atom. The highest BCUT2D eigenvalue weighted by molar-refractivity contribution is 5.95. The monoisotopic (exact) mass is 453 g/mol. The first-order valence-corrected chi connectivity index (χ1v) is 11.8. The molecule has 1 aliphatic rings. The van der Waals surface area contributed by atoms with Crippen molar-refractivity contribution in [1.29, 1.82) is 0 Å². The maximum atomic E-state index is 4.94. The van der Waals surface area contributed by atoms with Crippen LogP contribution in [-0.4, -0.2) is 54.2 Å². The van der Waals surface area contributed by atoms with Crippen LogP contribution >= 0.6 is 0 Å². The molecule has 0 saturated carbocycles. The Hall–Kier alpha value is -4.01. The molecular weight excluding hydrogens is 426 g/mol. The molecule has 9 nitrogen and oxygen atoms in total. The molecule has 3 N–H and O–H groups in total. The second kappa shape index (κ2) is 8.40. The van der Waals surface area contributed by atoms with Gasteiger partial charge in [0.15, 0.2) is 17.1 Å². The van der Waals surface area contributed by atoms with E-state index in [0.717, 1.165) is 57.8 Å². The number of fused-ring (bicyclic) bond motifs is 2. The largest absolute Gasteiger partial charge is 0.382 e. The van der Waals surface area contributed by atoms with Crippen LogP contribution in [0.1, 0.15) is 33.1 Å². The molecule has 6 heterocycles. The lowest BCUT2D eigenvalue weighted by molar-refractivity contribution is 0.578. The lowest BCUT2D eigenvalue weighted by Gasteiger charge is -2.28. The van der Waals surface area contributed by atoms with E-state index in [0.29, 0.717) is 17.5 Å². The van der Waals surface area contributed by atoms with Crippen LogP contribution in [0.3, 0.4) is 0 Å². The average molecular weight is 454 g/mol. The van der Waals surface area contributed by atoms with Crippen molar-refractivity contribution in [2.45, 2.75) is 39.2 Å². The summed E-state index contributed by atoms with van der Waals surface area (Å²) in [5.41, 5.74) is 7.18. The third-order valence-corrected chi connectivity index (χ3v) is 6.23. The normalized spacial score (nSPS) is 14.4. The minimum absolute atomic E-state index is 0.328. The van der Waals surface area contributed by atoms with Crippen LogP contribution < -0.4 is 10.2 Å². The lowest BCUT2D eigenvalue weighted by atomic mass is 10.1. The number of nitrogens with zero attached hydrogens (tertiary/aromatic N) is 6. The number of aromatic amines is 2. The molecule has 5 aromatic heterocycles. The van der Waals surface area contributed by atoms with Crippen molar-refractivity contribution in [3.8, 4) is 22.6 Å². The number of piperidine rings is 1. The van der Waals surface area contributed by atoms with Crippen molar-refractivity contribution in [2.24, 2.45) is 0 Å². The third kappa shape index (κ3) is 3.72. The Morgan fingerprint density at radius 1 is 0.971 bits per heavy atom. The number of hydrogen-bond donors (Lipinski definition) is 3. The first kappa shape index (κ1) is 20.6. The van der Waals surface area contributed by atoms with Gasteiger partial charge in [0.2, 0.25) is 0 Å². The van der Waals surface area contributed by atoms with Crippen molar-refractivity contribution in [2.75, 3.05) is 23.3 Å². The predicted molar refractivity (Wildman–Crippen MR) is 135 cm³/mol. The Labute approximate surface area is 197 Å². The van der Waals surface area contributed by atoms with E-state index in [4.69, 9.17) is 4.98 Å². The summed E-state index contributed by atoms with van der Waals surface area (Å²) in [4.78, 5) is 24.3. The van der Waals surface area contributed by atoms with Crippen LogP contribution in [0.4, 0.5) is 11.4 Å². The number of pyridine rings is 3. The van der Waals surface area contributed by atoms with E-state index in [-0.39, 0.29) is 0 Å². The van der Waals surface area contributed by atoms with Crippen LogP contribution in [0.15, 0.2) is 43.0 Å². The smallest absolute Gasteiger partial charge is 0.161 e. The zero-order valence-corrected chi connectivity index (χ0v) is 19.3. The maximum absolute atomic E-state index is 4.94. The van der Waals surface area contributed by atoms with Gasteiger partial charge < -0.3 is 15.2 Å². The molecule has 34 heavy (non-hydrogen) atoms. The summed E-state index contributed by atoms with van der Waals surface area (Å²) in [6, 6.07) is 6.57. The highest BCUT2D eigenvalue weighted by atomic mass is 15.2. The maximum Gasteiger partial charge on any atom is 0.161 e. The van der Waals surface area contributed by atoms with Gasteiger partial charge in [0.05, 0.1) is 16.8 Å². The van der Waals surface area contributed by atoms with E-state index in [1.807, 2.05) is 24.8 Å². The number of H-pyrrole nitrogens is 2. The SMILES string of the molecule is CC(C)Nc1cncc(-c2cnc3[nH]nc(-c4nc5c(N6CCCCC6)ccnc5[nH]4)c3c2)c1. The molecule has 0 radical (unpaired) electrons. The predicted octanol–water partition coefficient (Wildman–Crippen LogP) is 4.77. The van der Waals surface area contributed by atoms with E-state index in [9.17, 15) is 0 Å². The Balaban J connectivity index is 1.41. The summed E-state index contributed by atoms with van der Waals surface area (Å²) in [5.74, 6) is 0.686. The van der Waals surface area contributed by atoms with Gasteiger partial charge in [-0.2, -0.15) is 5.10 Å². The molecule has 172 valence electrons. The second-order valence-electron chi connectivity index (χ2n) is 9.11. The van der Waals surface area contributed by atoms with Gasteiger partial charge in [-0.05, 0) is 51.3 Å². The van der Waals surface area contributed by atoms with E-state index >= 15 is 0 Å². The zero-order valence-electron chi connectivity index (χ0n) is 19.3. The van der Waals surface area contributed by atoms with Crippen molar-refractivity contribution in [1.82, 2.24) is 35.1 Å². The van der Waals surface area contributed by atoms with Crippen LogP contribution in [0, 0.1) is 0 Å². The first-order chi connectivity index (χ1) is 16.7.